The minimum atomic E-state index is 0.836. The van der Waals surface area contributed by atoms with E-state index in [0.29, 0.717) is 0 Å². The Morgan fingerprint density at radius 2 is 0.698 bits per heavy atom. The molecule has 53 heavy (non-hydrogen) atoms. The fourth-order valence-corrected chi connectivity index (χ4v) is 7.53. The molecule has 0 aliphatic carbocycles. The molecule has 2 aromatic heterocycles. The summed E-state index contributed by atoms with van der Waals surface area (Å²) >= 11 is 0. The Morgan fingerprint density at radius 3 is 1.17 bits per heavy atom. The average molecular weight is 676 g/mol. The molecular weight excluding hydrogens is 643 g/mol. The predicted molar refractivity (Wildman–Crippen MR) is 221 cm³/mol. The van der Waals surface area contributed by atoms with Crippen molar-refractivity contribution in [1.29, 1.82) is 0 Å². The Hall–Kier alpha value is -7.10. The number of hydrogen-bond acceptors (Lipinski definition) is 2. The van der Waals surface area contributed by atoms with E-state index in [1.165, 1.54) is 33.4 Å². The van der Waals surface area contributed by atoms with Crippen LogP contribution in [0.1, 0.15) is 0 Å². The van der Waals surface area contributed by atoms with Gasteiger partial charge in [0.05, 0.1) is 16.6 Å². The maximum atomic E-state index is 5.31. The Labute approximate surface area is 308 Å². The second-order valence-electron chi connectivity index (χ2n) is 13.5. The van der Waals surface area contributed by atoms with Crippen LogP contribution in [0.5, 0.6) is 0 Å². The van der Waals surface area contributed by atoms with Gasteiger partial charge in [0.25, 0.3) is 0 Å². The monoisotopic (exact) mass is 675 g/mol. The number of hydrogen-bond donors (Lipinski definition) is 0. The number of benzene rings is 8. The summed E-state index contributed by atoms with van der Waals surface area (Å²) in [6.07, 6.45) is 0. The highest BCUT2D eigenvalue weighted by Crippen LogP contribution is 2.39. The van der Waals surface area contributed by atoms with Crippen molar-refractivity contribution in [2.45, 2.75) is 0 Å². The van der Waals surface area contributed by atoms with Crippen molar-refractivity contribution in [3.8, 4) is 61.3 Å². The first-order chi connectivity index (χ1) is 26.2. The van der Waals surface area contributed by atoms with Crippen LogP contribution in [0.3, 0.4) is 0 Å². The van der Waals surface area contributed by atoms with Gasteiger partial charge in [-0.3, -0.25) is 4.57 Å². The van der Waals surface area contributed by atoms with Crippen molar-refractivity contribution in [2.24, 2.45) is 0 Å². The molecule has 3 heteroatoms. The lowest BCUT2D eigenvalue weighted by Gasteiger charge is -2.14. The molecule has 0 bridgehead atoms. The van der Waals surface area contributed by atoms with Crippen molar-refractivity contribution >= 4 is 33.1 Å². The second kappa shape index (κ2) is 12.9. The highest BCUT2D eigenvalue weighted by molar-refractivity contribution is 6.09. The summed E-state index contributed by atoms with van der Waals surface area (Å²) in [7, 11) is 0. The largest absolute Gasteiger partial charge is 0.292 e. The van der Waals surface area contributed by atoms with E-state index in [9.17, 15) is 0 Å². The molecular formula is C50H33N3. The summed E-state index contributed by atoms with van der Waals surface area (Å²) in [5.74, 6) is 0. The van der Waals surface area contributed by atoms with E-state index < -0.39 is 0 Å². The van der Waals surface area contributed by atoms with Gasteiger partial charge in [0.2, 0.25) is 0 Å². The maximum absolute atomic E-state index is 5.31. The molecule has 2 heterocycles. The highest BCUT2D eigenvalue weighted by Gasteiger charge is 2.19. The lowest BCUT2D eigenvalue weighted by molar-refractivity contribution is 1.14. The Kier molecular flexibility index (Phi) is 7.47. The maximum Gasteiger partial charge on any atom is 0.165 e. The Bertz CT molecular complexity index is 2800. The van der Waals surface area contributed by atoms with E-state index >= 15 is 0 Å². The summed E-state index contributed by atoms with van der Waals surface area (Å²) in [6, 6.07) is 71.2. The van der Waals surface area contributed by atoms with Crippen LogP contribution in [0.4, 0.5) is 0 Å². The summed E-state index contributed by atoms with van der Waals surface area (Å²) in [4.78, 5) is 10.6. The van der Waals surface area contributed by atoms with Crippen molar-refractivity contribution < 1.29 is 0 Å². The molecule has 0 unspecified atom stereocenters. The number of para-hydroxylation sites is 2. The fraction of sp³-hybridized carbons (Fsp3) is 0. The Balaban J connectivity index is 1.24. The van der Waals surface area contributed by atoms with Gasteiger partial charge >= 0.3 is 0 Å². The van der Waals surface area contributed by atoms with Crippen molar-refractivity contribution in [3.05, 3.63) is 200 Å². The van der Waals surface area contributed by atoms with Crippen LogP contribution < -0.4 is 0 Å². The van der Waals surface area contributed by atoms with Crippen LogP contribution in [0.2, 0.25) is 0 Å². The standard InChI is InChI=1S/C50H33N3/c1-5-15-34(16-6-1)39-27-40(35-17-7-2-8-18-35)29-41(28-39)38-25-26-48-45(33-38)49-50(52-47-24-14-13-23-46(47)51-49)53(48)44-31-42(36-19-9-3-10-20-36)30-43(32-44)37-21-11-4-12-22-37/h1-33H. The molecule has 0 radical (unpaired) electrons. The molecule has 0 saturated carbocycles. The van der Waals surface area contributed by atoms with Gasteiger partial charge in [-0.15, -0.1) is 0 Å². The van der Waals surface area contributed by atoms with Crippen molar-refractivity contribution in [3.63, 3.8) is 0 Å². The van der Waals surface area contributed by atoms with Crippen molar-refractivity contribution in [1.82, 2.24) is 14.5 Å². The summed E-state index contributed by atoms with van der Waals surface area (Å²) in [5, 5.41) is 1.06. The van der Waals surface area contributed by atoms with Crippen LogP contribution >= 0.6 is 0 Å². The van der Waals surface area contributed by atoms with Gasteiger partial charge < -0.3 is 0 Å². The van der Waals surface area contributed by atoms with Crippen molar-refractivity contribution in [2.75, 3.05) is 0 Å². The molecule has 10 aromatic rings. The summed E-state index contributed by atoms with van der Waals surface area (Å²) in [5.41, 5.74) is 17.2. The van der Waals surface area contributed by atoms with Gasteiger partial charge in [-0.2, -0.15) is 0 Å². The zero-order chi connectivity index (χ0) is 35.1. The third kappa shape index (κ3) is 5.65. The molecule has 0 amide bonds. The smallest absolute Gasteiger partial charge is 0.165 e. The lowest BCUT2D eigenvalue weighted by Crippen LogP contribution is -1.98. The van der Waals surface area contributed by atoms with Gasteiger partial charge in [-0.1, -0.05) is 140 Å². The first kappa shape index (κ1) is 30.7. The molecule has 0 fully saturated rings. The molecule has 10 rings (SSSR count). The molecule has 0 N–H and O–H groups in total. The molecule has 0 aliphatic rings. The van der Waals surface area contributed by atoms with Gasteiger partial charge in [-0.25, -0.2) is 9.97 Å². The van der Waals surface area contributed by atoms with Gasteiger partial charge in [0, 0.05) is 11.1 Å². The Morgan fingerprint density at radius 1 is 0.302 bits per heavy atom. The molecule has 0 spiro atoms. The van der Waals surface area contributed by atoms with Crippen LogP contribution in [0.15, 0.2) is 200 Å². The van der Waals surface area contributed by atoms with Gasteiger partial charge in [-0.05, 0) is 116 Å². The van der Waals surface area contributed by atoms with Crippen LogP contribution in [0, 0.1) is 0 Å². The zero-order valence-corrected chi connectivity index (χ0v) is 28.9. The second-order valence-corrected chi connectivity index (χ2v) is 13.5. The predicted octanol–water partition coefficient (Wildman–Crippen LogP) is 13.1. The number of nitrogens with zero attached hydrogens (tertiary/aromatic N) is 3. The number of fused-ring (bicyclic) bond motifs is 4. The molecule has 8 aromatic carbocycles. The highest BCUT2D eigenvalue weighted by atomic mass is 15.1. The van der Waals surface area contributed by atoms with Gasteiger partial charge in [0.15, 0.2) is 5.65 Å². The third-order valence-electron chi connectivity index (χ3n) is 10.1. The zero-order valence-electron chi connectivity index (χ0n) is 28.9. The SMILES string of the molecule is c1ccc(-c2cc(-c3ccccc3)cc(-c3ccc4c(c3)c3nc5ccccc5nc3n4-c3cc(-c4ccccc4)cc(-c4ccccc4)c3)c2)cc1. The summed E-state index contributed by atoms with van der Waals surface area (Å²) < 4.78 is 2.29. The molecule has 248 valence electrons. The molecule has 0 aliphatic heterocycles. The van der Waals surface area contributed by atoms with E-state index in [1.54, 1.807) is 0 Å². The number of rotatable bonds is 6. The van der Waals surface area contributed by atoms with E-state index in [0.717, 1.165) is 61.0 Å². The van der Waals surface area contributed by atoms with E-state index in [1.807, 2.05) is 24.3 Å². The fourth-order valence-electron chi connectivity index (χ4n) is 7.53. The first-order valence-corrected chi connectivity index (χ1v) is 18.0. The first-order valence-electron chi connectivity index (χ1n) is 18.0. The third-order valence-corrected chi connectivity index (χ3v) is 10.1. The quantitative estimate of drug-likeness (QED) is 0.176. The van der Waals surface area contributed by atoms with Gasteiger partial charge in [0.1, 0.15) is 5.52 Å². The van der Waals surface area contributed by atoms with Crippen LogP contribution in [-0.4, -0.2) is 14.5 Å². The molecule has 0 saturated heterocycles. The van der Waals surface area contributed by atoms with E-state index in [2.05, 4.69) is 180 Å². The lowest BCUT2D eigenvalue weighted by atomic mass is 9.93. The summed E-state index contributed by atoms with van der Waals surface area (Å²) in [6.45, 7) is 0. The minimum absolute atomic E-state index is 0.836. The van der Waals surface area contributed by atoms with E-state index in [-0.39, 0.29) is 0 Å². The molecule has 3 nitrogen and oxygen atoms in total. The topological polar surface area (TPSA) is 30.7 Å². The molecule has 0 atom stereocenters. The normalized spacial score (nSPS) is 11.4. The average Bonchev–Trinajstić information content (AvgIpc) is 3.56. The van der Waals surface area contributed by atoms with Crippen LogP contribution in [0.25, 0.3) is 94.4 Å². The van der Waals surface area contributed by atoms with E-state index in [4.69, 9.17) is 9.97 Å². The minimum Gasteiger partial charge on any atom is -0.292 e. The van der Waals surface area contributed by atoms with Crippen LogP contribution in [-0.2, 0) is 0 Å². The number of aromatic nitrogens is 3.